The van der Waals surface area contributed by atoms with Crippen molar-refractivity contribution in [3.05, 3.63) is 5.01 Å². The van der Waals surface area contributed by atoms with Crippen LogP contribution in [0.1, 0.15) is 57.9 Å². The van der Waals surface area contributed by atoms with Gasteiger partial charge < -0.3 is 10.1 Å². The highest BCUT2D eigenvalue weighted by Gasteiger charge is 2.40. The number of hydrogen-bond acceptors (Lipinski definition) is 6. The quantitative estimate of drug-likeness (QED) is 0.696. The molecule has 1 aromatic rings. The molecule has 0 spiro atoms. The van der Waals surface area contributed by atoms with Gasteiger partial charge in [-0.25, -0.2) is 0 Å². The lowest BCUT2D eigenvalue weighted by Crippen LogP contribution is -2.45. The molecule has 0 aromatic carbocycles. The van der Waals surface area contributed by atoms with E-state index in [-0.39, 0.29) is 29.6 Å². The molecule has 3 rings (SSSR count). The predicted octanol–water partition coefficient (Wildman–Crippen LogP) is 2.76. The number of carbonyl (C=O) groups excluding carboxylic acids is 2. The van der Waals surface area contributed by atoms with E-state index in [1.807, 2.05) is 6.92 Å². The summed E-state index contributed by atoms with van der Waals surface area (Å²) in [5.41, 5.74) is 0.263. The van der Waals surface area contributed by atoms with Crippen LogP contribution in [0, 0.1) is 17.3 Å². The first-order valence-electron chi connectivity index (χ1n) is 9.90. The Hall–Kier alpha value is -1.54. The van der Waals surface area contributed by atoms with Gasteiger partial charge in [-0.2, -0.15) is 0 Å². The summed E-state index contributed by atoms with van der Waals surface area (Å²) in [6.45, 7) is 8.51. The van der Waals surface area contributed by atoms with Gasteiger partial charge in [-0.05, 0) is 37.5 Å². The first kappa shape index (κ1) is 20.2. The standard InChI is InChI=1S/C19H30N4O3S/c1-4-26-11-15-21-22-18(27-15)23-10-14(8-16(23)24)17(25)20-12-19(6-5-7-19)9-13(2)3/h13-14H,4-12H2,1-3H3,(H,20,25). The van der Waals surface area contributed by atoms with Crippen LogP contribution in [0.4, 0.5) is 5.13 Å². The van der Waals surface area contributed by atoms with Crippen LogP contribution < -0.4 is 10.2 Å². The van der Waals surface area contributed by atoms with Crippen LogP contribution in [0.3, 0.4) is 0 Å². The second-order valence-electron chi connectivity index (χ2n) is 8.19. The molecule has 2 fully saturated rings. The van der Waals surface area contributed by atoms with Crippen LogP contribution in [-0.4, -0.2) is 41.7 Å². The Morgan fingerprint density at radius 3 is 2.81 bits per heavy atom. The first-order chi connectivity index (χ1) is 12.9. The van der Waals surface area contributed by atoms with Crippen molar-refractivity contribution in [3.63, 3.8) is 0 Å². The molecular formula is C19H30N4O3S. The van der Waals surface area contributed by atoms with E-state index < -0.39 is 0 Å². The fourth-order valence-corrected chi connectivity index (χ4v) is 4.89. The lowest BCUT2D eigenvalue weighted by molar-refractivity contribution is -0.127. The molecule has 1 aliphatic carbocycles. The molecule has 27 heavy (non-hydrogen) atoms. The minimum absolute atomic E-state index is 0.0139. The zero-order valence-corrected chi connectivity index (χ0v) is 17.3. The maximum atomic E-state index is 12.6. The normalized spacial score (nSPS) is 21.6. The molecular weight excluding hydrogens is 364 g/mol. The van der Waals surface area contributed by atoms with E-state index in [1.54, 1.807) is 4.90 Å². The van der Waals surface area contributed by atoms with E-state index in [1.165, 1.54) is 30.6 Å². The molecule has 1 N–H and O–H groups in total. The largest absolute Gasteiger partial charge is 0.374 e. The molecule has 1 saturated heterocycles. The molecule has 1 aliphatic heterocycles. The van der Waals surface area contributed by atoms with Crippen molar-refractivity contribution in [1.29, 1.82) is 0 Å². The van der Waals surface area contributed by atoms with E-state index in [9.17, 15) is 9.59 Å². The summed E-state index contributed by atoms with van der Waals surface area (Å²) in [5, 5.41) is 12.6. The smallest absolute Gasteiger partial charge is 0.229 e. The summed E-state index contributed by atoms with van der Waals surface area (Å²) < 4.78 is 5.33. The molecule has 2 amide bonds. The number of ether oxygens (including phenoxy) is 1. The number of nitrogens with one attached hydrogen (secondary N) is 1. The van der Waals surface area contributed by atoms with E-state index >= 15 is 0 Å². The monoisotopic (exact) mass is 394 g/mol. The number of rotatable bonds is 9. The van der Waals surface area contributed by atoms with Gasteiger partial charge in [0.25, 0.3) is 0 Å². The van der Waals surface area contributed by atoms with Crippen LogP contribution in [0.5, 0.6) is 0 Å². The van der Waals surface area contributed by atoms with Crippen LogP contribution in [-0.2, 0) is 20.9 Å². The van der Waals surface area contributed by atoms with E-state index in [0.717, 1.165) is 18.0 Å². The van der Waals surface area contributed by atoms with Gasteiger partial charge in [0, 0.05) is 26.1 Å². The van der Waals surface area contributed by atoms with E-state index in [0.29, 0.717) is 30.8 Å². The summed E-state index contributed by atoms with van der Waals surface area (Å²) in [4.78, 5) is 26.6. The van der Waals surface area contributed by atoms with Gasteiger partial charge >= 0.3 is 0 Å². The van der Waals surface area contributed by atoms with Gasteiger partial charge in [0.2, 0.25) is 16.9 Å². The third kappa shape index (κ3) is 4.85. The van der Waals surface area contributed by atoms with Crippen molar-refractivity contribution < 1.29 is 14.3 Å². The Morgan fingerprint density at radius 2 is 2.19 bits per heavy atom. The van der Waals surface area contributed by atoms with Gasteiger partial charge in [0.15, 0.2) is 0 Å². The average Bonchev–Trinajstić information content (AvgIpc) is 3.21. The van der Waals surface area contributed by atoms with Crippen molar-refractivity contribution in [3.8, 4) is 0 Å². The molecule has 7 nitrogen and oxygen atoms in total. The number of anilines is 1. The summed E-state index contributed by atoms with van der Waals surface area (Å²) >= 11 is 1.35. The highest BCUT2D eigenvalue weighted by atomic mass is 32.1. The van der Waals surface area contributed by atoms with Gasteiger partial charge in [0.1, 0.15) is 11.6 Å². The maximum Gasteiger partial charge on any atom is 0.229 e. The fourth-order valence-electron chi connectivity index (χ4n) is 4.08. The molecule has 8 heteroatoms. The van der Waals surface area contributed by atoms with Crippen molar-refractivity contribution >= 4 is 28.3 Å². The van der Waals surface area contributed by atoms with Crippen molar-refractivity contribution in [2.75, 3.05) is 24.6 Å². The Kier molecular flexibility index (Phi) is 6.47. The minimum Gasteiger partial charge on any atom is -0.374 e. The Morgan fingerprint density at radius 1 is 1.41 bits per heavy atom. The fraction of sp³-hybridized carbons (Fsp3) is 0.789. The summed E-state index contributed by atoms with van der Waals surface area (Å²) in [6.07, 6.45) is 5.02. The van der Waals surface area contributed by atoms with Crippen LogP contribution >= 0.6 is 11.3 Å². The Bertz CT molecular complexity index is 672. The summed E-state index contributed by atoms with van der Waals surface area (Å²) in [5.74, 6) is 0.247. The third-order valence-electron chi connectivity index (χ3n) is 5.51. The molecule has 1 aromatic heterocycles. The van der Waals surface area contributed by atoms with Gasteiger partial charge in [0.05, 0.1) is 5.92 Å². The second kappa shape index (κ2) is 8.65. The summed E-state index contributed by atoms with van der Waals surface area (Å²) in [7, 11) is 0. The number of aromatic nitrogens is 2. The molecule has 1 atom stereocenters. The molecule has 2 aliphatic rings. The average molecular weight is 395 g/mol. The molecule has 1 unspecified atom stereocenters. The van der Waals surface area contributed by atoms with E-state index in [2.05, 4.69) is 29.4 Å². The van der Waals surface area contributed by atoms with E-state index in [4.69, 9.17) is 4.74 Å². The highest BCUT2D eigenvalue weighted by molar-refractivity contribution is 7.15. The van der Waals surface area contributed by atoms with Crippen molar-refractivity contribution in [2.45, 2.75) is 59.5 Å². The lowest BCUT2D eigenvalue weighted by atomic mass is 9.64. The van der Waals surface area contributed by atoms with Gasteiger partial charge in [-0.1, -0.05) is 31.6 Å². The lowest BCUT2D eigenvalue weighted by Gasteiger charge is -2.43. The number of nitrogens with zero attached hydrogens (tertiary/aromatic N) is 3. The Balaban J connectivity index is 1.53. The SMILES string of the molecule is CCOCc1nnc(N2CC(C(=O)NCC3(CC(C)C)CCC3)CC2=O)s1. The number of amides is 2. The zero-order chi connectivity index (χ0) is 19.4. The molecule has 1 saturated carbocycles. The first-order valence-corrected chi connectivity index (χ1v) is 10.7. The Labute approximate surface area is 164 Å². The predicted molar refractivity (Wildman–Crippen MR) is 104 cm³/mol. The highest BCUT2D eigenvalue weighted by Crippen LogP contribution is 2.45. The topological polar surface area (TPSA) is 84.4 Å². The zero-order valence-electron chi connectivity index (χ0n) is 16.5. The number of carbonyl (C=O) groups is 2. The second-order valence-corrected chi connectivity index (χ2v) is 9.23. The minimum atomic E-state index is -0.312. The molecule has 150 valence electrons. The van der Waals surface area contributed by atoms with Crippen molar-refractivity contribution in [1.82, 2.24) is 15.5 Å². The molecule has 0 radical (unpaired) electrons. The van der Waals surface area contributed by atoms with Crippen LogP contribution in [0.25, 0.3) is 0 Å². The van der Waals surface area contributed by atoms with Crippen LogP contribution in [0.15, 0.2) is 0 Å². The van der Waals surface area contributed by atoms with Gasteiger partial charge in [-0.15, -0.1) is 10.2 Å². The number of hydrogen-bond donors (Lipinski definition) is 1. The maximum absolute atomic E-state index is 12.6. The molecule has 2 heterocycles. The summed E-state index contributed by atoms with van der Waals surface area (Å²) in [6, 6.07) is 0. The molecule has 0 bridgehead atoms. The van der Waals surface area contributed by atoms with Crippen molar-refractivity contribution in [2.24, 2.45) is 17.3 Å². The third-order valence-corrected chi connectivity index (χ3v) is 6.43. The van der Waals surface area contributed by atoms with Crippen LogP contribution in [0.2, 0.25) is 0 Å². The van der Waals surface area contributed by atoms with Gasteiger partial charge in [-0.3, -0.25) is 14.5 Å².